The summed E-state index contributed by atoms with van der Waals surface area (Å²) in [6.45, 7) is 3.87. The molecule has 1 aliphatic carbocycles. The van der Waals surface area contributed by atoms with E-state index in [4.69, 9.17) is 0 Å². The summed E-state index contributed by atoms with van der Waals surface area (Å²) in [5, 5.41) is 6.28. The first kappa shape index (κ1) is 17.4. The number of piperidine rings is 1. The third kappa shape index (κ3) is 3.98. The molecule has 0 saturated carbocycles. The number of fused-ring (bicyclic) bond motifs is 1. The molecule has 1 fully saturated rings. The normalized spacial score (nSPS) is 23.7. The van der Waals surface area contributed by atoms with Gasteiger partial charge in [-0.05, 0) is 68.0 Å². The van der Waals surface area contributed by atoms with Crippen LogP contribution in [0.25, 0.3) is 0 Å². The van der Waals surface area contributed by atoms with Crippen molar-refractivity contribution in [1.82, 2.24) is 10.6 Å². The number of sulfone groups is 1. The molecule has 1 heterocycles. The molecule has 0 radical (unpaired) electrons. The Morgan fingerprint density at radius 1 is 1.29 bits per heavy atom. The van der Waals surface area contributed by atoms with Crippen LogP contribution in [0.5, 0.6) is 0 Å². The summed E-state index contributed by atoms with van der Waals surface area (Å²) in [7, 11) is -3.40. The van der Waals surface area contributed by atoms with E-state index in [1.807, 2.05) is 6.07 Å². The maximum Gasteiger partial charge on any atom is 0.221 e. The van der Waals surface area contributed by atoms with Crippen LogP contribution in [0.15, 0.2) is 23.1 Å². The standard InChI is InChI=1S/C18H26N2O3S/c1-13-12-19-9-7-17(13)20-18(21)8-10-24(22,23)16-6-5-14-3-2-4-15(14)11-16/h5-6,11,13,17,19H,2-4,7-10,12H2,1H3,(H,20,21). The summed E-state index contributed by atoms with van der Waals surface area (Å²) in [4.78, 5) is 12.5. The predicted octanol–water partition coefficient (Wildman–Crippen LogP) is 1.45. The van der Waals surface area contributed by atoms with Crippen LogP contribution in [-0.2, 0) is 27.5 Å². The van der Waals surface area contributed by atoms with E-state index >= 15 is 0 Å². The van der Waals surface area contributed by atoms with Crippen molar-refractivity contribution in [2.45, 2.75) is 50.0 Å². The Morgan fingerprint density at radius 3 is 2.88 bits per heavy atom. The van der Waals surface area contributed by atoms with E-state index in [2.05, 4.69) is 17.6 Å². The second-order valence-electron chi connectivity index (χ2n) is 7.00. The van der Waals surface area contributed by atoms with Gasteiger partial charge in [0.1, 0.15) is 0 Å². The number of nitrogens with one attached hydrogen (secondary N) is 2. The fraction of sp³-hybridized carbons (Fsp3) is 0.611. The Labute approximate surface area is 144 Å². The Hall–Kier alpha value is -1.40. The van der Waals surface area contributed by atoms with Gasteiger partial charge < -0.3 is 10.6 Å². The van der Waals surface area contributed by atoms with Gasteiger partial charge in [-0.2, -0.15) is 0 Å². The van der Waals surface area contributed by atoms with Crippen molar-refractivity contribution >= 4 is 15.7 Å². The number of carbonyl (C=O) groups excluding carboxylic acids is 1. The summed E-state index contributed by atoms with van der Waals surface area (Å²) < 4.78 is 25.0. The monoisotopic (exact) mass is 350 g/mol. The zero-order valence-electron chi connectivity index (χ0n) is 14.2. The molecule has 2 N–H and O–H groups in total. The Morgan fingerprint density at radius 2 is 2.08 bits per heavy atom. The van der Waals surface area contributed by atoms with Gasteiger partial charge in [0.15, 0.2) is 9.84 Å². The minimum atomic E-state index is -3.40. The molecule has 6 heteroatoms. The van der Waals surface area contributed by atoms with Gasteiger partial charge in [0.25, 0.3) is 0 Å². The SMILES string of the molecule is CC1CNCCC1NC(=O)CCS(=O)(=O)c1ccc2c(c1)CCC2. The van der Waals surface area contributed by atoms with Crippen LogP contribution in [0, 0.1) is 5.92 Å². The average molecular weight is 350 g/mol. The third-order valence-electron chi connectivity index (χ3n) is 5.16. The zero-order chi connectivity index (χ0) is 17.2. The topological polar surface area (TPSA) is 75.3 Å². The summed E-state index contributed by atoms with van der Waals surface area (Å²) in [5.74, 6) is 0.0752. The van der Waals surface area contributed by atoms with Gasteiger partial charge in [0.2, 0.25) is 5.91 Å². The quantitative estimate of drug-likeness (QED) is 0.843. The molecule has 2 aliphatic rings. The van der Waals surface area contributed by atoms with Crippen molar-refractivity contribution in [3.63, 3.8) is 0 Å². The molecule has 0 aromatic heterocycles. The van der Waals surface area contributed by atoms with E-state index in [0.717, 1.165) is 44.3 Å². The van der Waals surface area contributed by atoms with E-state index in [9.17, 15) is 13.2 Å². The van der Waals surface area contributed by atoms with Crippen LogP contribution in [0.3, 0.4) is 0 Å². The first-order chi connectivity index (χ1) is 11.5. The fourth-order valence-electron chi connectivity index (χ4n) is 3.59. The lowest BCUT2D eigenvalue weighted by molar-refractivity contribution is -0.121. The largest absolute Gasteiger partial charge is 0.353 e. The number of amides is 1. The number of rotatable bonds is 5. The fourth-order valence-corrected chi connectivity index (χ4v) is 4.88. The van der Waals surface area contributed by atoms with E-state index in [1.165, 1.54) is 5.56 Å². The maximum atomic E-state index is 12.5. The molecular formula is C18H26N2O3S. The van der Waals surface area contributed by atoms with Gasteiger partial charge in [-0.25, -0.2) is 8.42 Å². The highest BCUT2D eigenvalue weighted by atomic mass is 32.2. The zero-order valence-corrected chi connectivity index (χ0v) is 15.0. The van der Waals surface area contributed by atoms with Crippen molar-refractivity contribution < 1.29 is 13.2 Å². The first-order valence-corrected chi connectivity index (χ1v) is 10.5. The third-order valence-corrected chi connectivity index (χ3v) is 6.87. The van der Waals surface area contributed by atoms with Crippen LogP contribution in [0.1, 0.15) is 37.3 Å². The minimum absolute atomic E-state index is 0.0239. The molecule has 0 spiro atoms. The van der Waals surface area contributed by atoms with Crippen LogP contribution in [0.4, 0.5) is 0 Å². The molecule has 2 atom stereocenters. The van der Waals surface area contributed by atoms with E-state index in [-0.39, 0.29) is 24.1 Å². The number of hydrogen-bond acceptors (Lipinski definition) is 4. The highest BCUT2D eigenvalue weighted by Crippen LogP contribution is 2.25. The van der Waals surface area contributed by atoms with Crippen LogP contribution >= 0.6 is 0 Å². The van der Waals surface area contributed by atoms with Crippen LogP contribution < -0.4 is 10.6 Å². The highest BCUT2D eigenvalue weighted by molar-refractivity contribution is 7.91. The van der Waals surface area contributed by atoms with Crippen molar-refractivity contribution in [1.29, 1.82) is 0 Å². The molecule has 1 saturated heterocycles. The molecule has 1 aliphatic heterocycles. The first-order valence-electron chi connectivity index (χ1n) is 8.80. The van der Waals surface area contributed by atoms with Gasteiger partial charge in [-0.1, -0.05) is 13.0 Å². The molecule has 5 nitrogen and oxygen atoms in total. The van der Waals surface area contributed by atoms with Crippen LogP contribution in [0.2, 0.25) is 0 Å². The van der Waals surface area contributed by atoms with Crippen molar-refractivity contribution in [2.24, 2.45) is 5.92 Å². The average Bonchev–Trinajstić information content (AvgIpc) is 3.03. The maximum absolute atomic E-state index is 12.5. The molecule has 132 valence electrons. The van der Waals surface area contributed by atoms with Gasteiger partial charge in [-0.3, -0.25) is 4.79 Å². The van der Waals surface area contributed by atoms with Gasteiger partial charge >= 0.3 is 0 Å². The highest BCUT2D eigenvalue weighted by Gasteiger charge is 2.24. The summed E-state index contributed by atoms with van der Waals surface area (Å²) in [5.41, 5.74) is 2.40. The molecule has 1 amide bonds. The van der Waals surface area contributed by atoms with Gasteiger partial charge in [0.05, 0.1) is 10.6 Å². The lowest BCUT2D eigenvalue weighted by atomic mass is 9.95. The van der Waals surface area contributed by atoms with E-state index in [0.29, 0.717) is 10.8 Å². The van der Waals surface area contributed by atoms with E-state index in [1.54, 1.807) is 12.1 Å². The Balaban J connectivity index is 1.57. The number of carbonyl (C=O) groups is 1. The molecule has 0 bridgehead atoms. The predicted molar refractivity (Wildman–Crippen MR) is 93.7 cm³/mol. The number of benzene rings is 1. The van der Waals surface area contributed by atoms with E-state index < -0.39 is 9.84 Å². The molecular weight excluding hydrogens is 324 g/mol. The summed E-state index contributed by atoms with van der Waals surface area (Å²) in [6, 6.07) is 5.55. The molecule has 24 heavy (non-hydrogen) atoms. The number of hydrogen-bond donors (Lipinski definition) is 2. The minimum Gasteiger partial charge on any atom is -0.353 e. The molecule has 1 aromatic rings. The van der Waals surface area contributed by atoms with Crippen molar-refractivity contribution in [3.05, 3.63) is 29.3 Å². The van der Waals surface area contributed by atoms with Gasteiger partial charge in [-0.15, -0.1) is 0 Å². The summed E-state index contributed by atoms with van der Waals surface area (Å²) >= 11 is 0. The van der Waals surface area contributed by atoms with Crippen molar-refractivity contribution in [3.8, 4) is 0 Å². The second-order valence-corrected chi connectivity index (χ2v) is 9.11. The van der Waals surface area contributed by atoms with Gasteiger partial charge in [0, 0.05) is 12.5 Å². The molecule has 2 unspecified atom stereocenters. The molecule has 1 aromatic carbocycles. The number of aryl methyl sites for hydroxylation is 2. The summed E-state index contributed by atoms with van der Waals surface area (Å²) in [6.07, 6.45) is 4.00. The Kier molecular flexibility index (Phi) is 5.25. The smallest absolute Gasteiger partial charge is 0.221 e. The lowest BCUT2D eigenvalue weighted by Crippen LogP contribution is -2.48. The molecule has 3 rings (SSSR count). The second kappa shape index (κ2) is 7.23. The van der Waals surface area contributed by atoms with Crippen molar-refractivity contribution in [2.75, 3.05) is 18.8 Å². The van der Waals surface area contributed by atoms with Crippen LogP contribution in [-0.4, -0.2) is 39.2 Å². The Bertz CT molecular complexity index is 715. The lowest BCUT2D eigenvalue weighted by Gasteiger charge is -2.30.